The molecule has 2 heterocycles. The number of aliphatic hydroxyl groups is 1. The van der Waals surface area contributed by atoms with Gasteiger partial charge in [0.1, 0.15) is 0 Å². The summed E-state index contributed by atoms with van der Waals surface area (Å²) in [5.41, 5.74) is 0.00637. The third-order valence-corrected chi connectivity index (χ3v) is 3.94. The van der Waals surface area contributed by atoms with E-state index < -0.39 is 0 Å². The van der Waals surface area contributed by atoms with E-state index in [4.69, 9.17) is 0 Å². The van der Waals surface area contributed by atoms with E-state index in [1.807, 2.05) is 0 Å². The zero-order valence-corrected chi connectivity index (χ0v) is 8.44. The van der Waals surface area contributed by atoms with Crippen LogP contribution in [0.3, 0.4) is 0 Å². The Balaban J connectivity index is 2.23. The molecule has 0 aliphatic carbocycles. The highest BCUT2D eigenvalue weighted by atomic mass is 32.1. The molecular formula is C10H15NOS. The summed E-state index contributed by atoms with van der Waals surface area (Å²) >= 11 is 1.75. The number of hydrogen-bond acceptors (Lipinski definition) is 3. The van der Waals surface area contributed by atoms with Crippen LogP contribution >= 0.6 is 11.3 Å². The van der Waals surface area contributed by atoms with Crippen molar-refractivity contribution < 1.29 is 5.11 Å². The van der Waals surface area contributed by atoms with Gasteiger partial charge in [-0.05, 0) is 30.8 Å². The molecule has 1 aromatic rings. The van der Waals surface area contributed by atoms with Gasteiger partial charge in [-0.2, -0.15) is 0 Å². The van der Waals surface area contributed by atoms with Crippen LogP contribution in [-0.2, 0) is 5.41 Å². The highest BCUT2D eigenvalue weighted by molar-refractivity contribution is 7.10. The van der Waals surface area contributed by atoms with E-state index in [0.29, 0.717) is 0 Å². The molecule has 0 amide bonds. The Labute approximate surface area is 82.6 Å². The Morgan fingerprint density at radius 1 is 1.62 bits per heavy atom. The van der Waals surface area contributed by atoms with Crippen LogP contribution in [-0.4, -0.2) is 24.8 Å². The molecule has 1 aliphatic heterocycles. The number of rotatable bonds is 2. The van der Waals surface area contributed by atoms with Crippen molar-refractivity contribution in [3.8, 4) is 0 Å². The van der Waals surface area contributed by atoms with Crippen molar-refractivity contribution in [2.24, 2.45) is 0 Å². The smallest absolute Gasteiger partial charge is 0.0548 e. The Hall–Kier alpha value is -0.380. The highest BCUT2D eigenvalue weighted by Crippen LogP contribution is 2.33. The lowest BCUT2D eigenvalue weighted by Gasteiger charge is -2.35. The van der Waals surface area contributed by atoms with Gasteiger partial charge >= 0.3 is 0 Å². The lowest BCUT2D eigenvalue weighted by Crippen LogP contribution is -2.45. The van der Waals surface area contributed by atoms with Crippen molar-refractivity contribution in [1.29, 1.82) is 0 Å². The van der Waals surface area contributed by atoms with Gasteiger partial charge in [0.15, 0.2) is 0 Å². The summed E-state index contributed by atoms with van der Waals surface area (Å²) in [6, 6.07) is 4.19. The molecule has 0 spiro atoms. The summed E-state index contributed by atoms with van der Waals surface area (Å²) in [6.45, 7) is 2.28. The van der Waals surface area contributed by atoms with Crippen LogP contribution in [0.2, 0.25) is 0 Å². The molecular weight excluding hydrogens is 182 g/mol. The quantitative estimate of drug-likeness (QED) is 0.750. The lowest BCUT2D eigenvalue weighted by atomic mass is 9.80. The summed E-state index contributed by atoms with van der Waals surface area (Å²) in [4.78, 5) is 1.32. The zero-order chi connectivity index (χ0) is 9.15. The van der Waals surface area contributed by atoms with Crippen LogP contribution in [0.25, 0.3) is 0 Å². The fourth-order valence-corrected chi connectivity index (χ4v) is 2.92. The van der Waals surface area contributed by atoms with Gasteiger partial charge in [-0.3, -0.25) is 0 Å². The van der Waals surface area contributed by atoms with Crippen LogP contribution in [0.4, 0.5) is 0 Å². The average molecular weight is 197 g/mol. The Morgan fingerprint density at radius 2 is 2.54 bits per heavy atom. The highest BCUT2D eigenvalue weighted by Gasteiger charge is 2.33. The second-order valence-electron chi connectivity index (χ2n) is 3.70. The number of thiophene rings is 1. The molecule has 0 bridgehead atoms. The van der Waals surface area contributed by atoms with Gasteiger partial charge in [-0.1, -0.05) is 6.07 Å². The van der Waals surface area contributed by atoms with Gasteiger partial charge in [0, 0.05) is 16.8 Å². The van der Waals surface area contributed by atoms with E-state index >= 15 is 0 Å². The molecule has 1 saturated heterocycles. The standard InChI is InChI=1S/C10H15NOS/c12-8-10(4-2-5-11-7-10)9-3-1-6-13-9/h1,3,6,11-12H,2,4-5,7-8H2. The van der Waals surface area contributed by atoms with Crippen molar-refractivity contribution in [2.75, 3.05) is 19.7 Å². The van der Waals surface area contributed by atoms with E-state index in [2.05, 4.69) is 22.8 Å². The number of piperidine rings is 1. The maximum Gasteiger partial charge on any atom is 0.0548 e. The van der Waals surface area contributed by atoms with Gasteiger partial charge in [0.25, 0.3) is 0 Å². The van der Waals surface area contributed by atoms with Crippen LogP contribution in [0, 0.1) is 0 Å². The van der Waals surface area contributed by atoms with E-state index in [-0.39, 0.29) is 12.0 Å². The summed E-state index contributed by atoms with van der Waals surface area (Å²) in [7, 11) is 0. The minimum atomic E-state index is 0.00637. The van der Waals surface area contributed by atoms with E-state index in [9.17, 15) is 5.11 Å². The topological polar surface area (TPSA) is 32.3 Å². The molecule has 0 saturated carbocycles. The first-order valence-electron chi connectivity index (χ1n) is 4.73. The molecule has 72 valence electrons. The number of nitrogens with one attached hydrogen (secondary N) is 1. The first-order chi connectivity index (χ1) is 6.37. The fraction of sp³-hybridized carbons (Fsp3) is 0.600. The second-order valence-corrected chi connectivity index (χ2v) is 4.64. The molecule has 3 heteroatoms. The van der Waals surface area contributed by atoms with E-state index in [1.54, 1.807) is 11.3 Å². The lowest BCUT2D eigenvalue weighted by molar-refractivity contribution is 0.165. The van der Waals surface area contributed by atoms with Gasteiger partial charge in [0.2, 0.25) is 0 Å². The van der Waals surface area contributed by atoms with Crippen molar-refractivity contribution in [2.45, 2.75) is 18.3 Å². The summed E-state index contributed by atoms with van der Waals surface area (Å²) in [6.07, 6.45) is 2.27. The molecule has 0 aromatic carbocycles. The fourth-order valence-electron chi connectivity index (χ4n) is 1.97. The number of aliphatic hydroxyl groups excluding tert-OH is 1. The molecule has 0 radical (unpaired) electrons. The largest absolute Gasteiger partial charge is 0.395 e. The normalized spacial score (nSPS) is 29.0. The van der Waals surface area contributed by atoms with E-state index in [1.165, 1.54) is 11.3 Å². The maximum absolute atomic E-state index is 9.48. The van der Waals surface area contributed by atoms with E-state index in [0.717, 1.165) is 19.5 Å². The van der Waals surface area contributed by atoms with Crippen molar-refractivity contribution >= 4 is 11.3 Å². The van der Waals surface area contributed by atoms with Gasteiger partial charge < -0.3 is 10.4 Å². The van der Waals surface area contributed by atoms with Gasteiger partial charge in [-0.25, -0.2) is 0 Å². The second kappa shape index (κ2) is 3.78. The van der Waals surface area contributed by atoms with Crippen LogP contribution < -0.4 is 5.32 Å². The van der Waals surface area contributed by atoms with Crippen LogP contribution in [0.1, 0.15) is 17.7 Å². The Bertz CT molecular complexity index is 252. The molecule has 1 aromatic heterocycles. The van der Waals surface area contributed by atoms with Crippen LogP contribution in [0.15, 0.2) is 17.5 Å². The predicted octanol–water partition coefficient (Wildman–Crippen LogP) is 1.36. The first kappa shape index (κ1) is 9.19. The molecule has 13 heavy (non-hydrogen) atoms. The van der Waals surface area contributed by atoms with Crippen molar-refractivity contribution in [1.82, 2.24) is 5.32 Å². The SMILES string of the molecule is OCC1(c2cccs2)CCCNC1. The Kier molecular flexibility index (Phi) is 2.67. The molecule has 2 nitrogen and oxygen atoms in total. The maximum atomic E-state index is 9.48. The third-order valence-electron chi connectivity index (χ3n) is 2.82. The summed E-state index contributed by atoms with van der Waals surface area (Å²) in [5.74, 6) is 0. The van der Waals surface area contributed by atoms with Crippen LogP contribution in [0.5, 0.6) is 0 Å². The molecule has 1 atom stereocenters. The monoisotopic (exact) mass is 197 g/mol. The number of hydrogen-bond donors (Lipinski definition) is 2. The molecule has 2 N–H and O–H groups in total. The summed E-state index contributed by atoms with van der Waals surface area (Å²) in [5, 5.41) is 14.9. The molecule has 2 rings (SSSR count). The zero-order valence-electron chi connectivity index (χ0n) is 7.62. The van der Waals surface area contributed by atoms with Crippen molar-refractivity contribution in [3.63, 3.8) is 0 Å². The Morgan fingerprint density at radius 3 is 3.08 bits per heavy atom. The summed E-state index contributed by atoms with van der Waals surface area (Å²) < 4.78 is 0. The predicted molar refractivity (Wildman–Crippen MR) is 55.2 cm³/mol. The van der Waals surface area contributed by atoms with Crippen molar-refractivity contribution in [3.05, 3.63) is 22.4 Å². The molecule has 1 aliphatic rings. The van der Waals surface area contributed by atoms with Gasteiger partial charge in [0.05, 0.1) is 6.61 Å². The average Bonchev–Trinajstić information content (AvgIpc) is 2.72. The minimum Gasteiger partial charge on any atom is -0.395 e. The molecule has 1 unspecified atom stereocenters. The third kappa shape index (κ3) is 1.64. The minimum absolute atomic E-state index is 0.00637. The molecule has 1 fully saturated rings. The van der Waals surface area contributed by atoms with Gasteiger partial charge in [-0.15, -0.1) is 11.3 Å². The first-order valence-corrected chi connectivity index (χ1v) is 5.61.